The summed E-state index contributed by atoms with van der Waals surface area (Å²) < 4.78 is 14.1. The number of fused-ring (bicyclic) bond motifs is 2. The summed E-state index contributed by atoms with van der Waals surface area (Å²) in [7, 11) is 0. The maximum absolute atomic E-state index is 14.1. The lowest BCUT2D eigenvalue weighted by Gasteiger charge is -2.60. The van der Waals surface area contributed by atoms with Crippen LogP contribution in [0.3, 0.4) is 0 Å². The van der Waals surface area contributed by atoms with E-state index in [2.05, 4.69) is 44.2 Å². The molecule has 4 rings (SSSR count). The molecule has 0 amide bonds. The van der Waals surface area contributed by atoms with Crippen molar-refractivity contribution in [2.45, 2.75) is 77.0 Å². The molecule has 1 aromatic rings. The maximum Gasteiger partial charge on any atom is 0.0948 e. The molecule has 1 nitrogen and oxygen atoms in total. The smallest absolute Gasteiger partial charge is 0.0948 e. The van der Waals surface area contributed by atoms with Gasteiger partial charge in [-0.2, -0.15) is 0 Å². The molecule has 2 bridgehead atoms. The predicted molar refractivity (Wildman–Crippen MR) is 111 cm³/mol. The average molecular weight is 372 g/mol. The van der Waals surface area contributed by atoms with Gasteiger partial charge in [0.2, 0.25) is 0 Å². The summed E-state index contributed by atoms with van der Waals surface area (Å²) >= 11 is 0. The van der Waals surface area contributed by atoms with Crippen LogP contribution in [0.1, 0.15) is 77.2 Å². The summed E-state index contributed by atoms with van der Waals surface area (Å²) in [6.45, 7) is 5.46. The molecule has 0 spiro atoms. The predicted octanol–water partition coefficient (Wildman–Crippen LogP) is 6.27. The van der Waals surface area contributed by atoms with Crippen LogP contribution in [0.4, 0.5) is 4.39 Å². The van der Waals surface area contributed by atoms with Gasteiger partial charge < -0.3 is 5.73 Å². The van der Waals surface area contributed by atoms with Crippen LogP contribution >= 0.6 is 0 Å². The fourth-order valence-electron chi connectivity index (χ4n) is 7.69. The third-order valence-corrected chi connectivity index (χ3v) is 8.60. The van der Waals surface area contributed by atoms with Gasteiger partial charge in [-0.1, -0.05) is 44.2 Å². The van der Waals surface area contributed by atoms with E-state index in [1.807, 2.05) is 0 Å². The molecule has 2 N–H and O–H groups in total. The topological polar surface area (TPSA) is 26.0 Å². The second-order valence-corrected chi connectivity index (χ2v) is 11.0. The van der Waals surface area contributed by atoms with E-state index < -0.39 is 0 Å². The average Bonchev–Trinajstić information content (AvgIpc) is 2.68. The van der Waals surface area contributed by atoms with Crippen molar-refractivity contribution in [2.75, 3.05) is 13.2 Å². The van der Waals surface area contributed by atoms with Gasteiger partial charge in [0.1, 0.15) is 0 Å². The molecular weight excluding hydrogens is 333 g/mol. The number of hydrogen-bond acceptors (Lipinski definition) is 1. The van der Waals surface area contributed by atoms with E-state index >= 15 is 0 Å². The lowest BCUT2D eigenvalue weighted by atomic mass is 9.45. The van der Waals surface area contributed by atoms with Crippen molar-refractivity contribution in [1.29, 1.82) is 0 Å². The van der Waals surface area contributed by atoms with Crippen LogP contribution in [0.5, 0.6) is 0 Å². The Kier molecular flexibility index (Phi) is 5.16. The van der Waals surface area contributed by atoms with Crippen LogP contribution in [0.2, 0.25) is 0 Å². The van der Waals surface area contributed by atoms with Crippen molar-refractivity contribution in [3.8, 4) is 0 Å². The molecule has 3 fully saturated rings. The molecule has 0 saturated heterocycles. The third kappa shape index (κ3) is 3.59. The molecule has 0 aromatic heterocycles. The Morgan fingerprint density at radius 2 is 1.67 bits per heavy atom. The number of benzene rings is 1. The molecule has 0 aliphatic heterocycles. The Hall–Kier alpha value is -0.890. The van der Waals surface area contributed by atoms with Gasteiger partial charge in [-0.15, -0.1) is 0 Å². The van der Waals surface area contributed by atoms with E-state index in [-0.39, 0.29) is 17.5 Å². The summed E-state index contributed by atoms with van der Waals surface area (Å²) in [5, 5.41) is 0. The van der Waals surface area contributed by atoms with Crippen molar-refractivity contribution in [2.24, 2.45) is 34.3 Å². The minimum Gasteiger partial charge on any atom is -0.330 e. The fourth-order valence-corrected chi connectivity index (χ4v) is 7.69. The summed E-state index contributed by atoms with van der Waals surface area (Å²) in [4.78, 5) is 0. The van der Waals surface area contributed by atoms with Gasteiger partial charge in [-0.3, -0.25) is 4.39 Å². The second-order valence-electron chi connectivity index (χ2n) is 11.0. The molecule has 0 heterocycles. The van der Waals surface area contributed by atoms with Crippen LogP contribution in [-0.4, -0.2) is 13.2 Å². The molecular formula is C25H38FN. The normalized spacial score (nSPS) is 44.8. The Balaban J connectivity index is 1.65. The Morgan fingerprint density at radius 1 is 0.963 bits per heavy atom. The standard InChI is InChI=1S/C25H38FN/c1-23(18-26)12-20-13-24(2,21-10-8-19(15-27)9-11-21)17-25(14-20,16-23)22-6-4-3-5-7-22/h3-7,19-21H,8-18,27H2,1-2H3/t19?,20?,21?,23-,24?,25?/m0/s1. The molecule has 3 aliphatic rings. The summed E-state index contributed by atoms with van der Waals surface area (Å²) in [5.41, 5.74) is 7.84. The molecule has 150 valence electrons. The minimum atomic E-state index is -0.170. The van der Waals surface area contributed by atoms with E-state index in [1.165, 1.54) is 50.5 Å². The number of alkyl halides is 1. The first-order chi connectivity index (χ1) is 12.9. The summed E-state index contributed by atoms with van der Waals surface area (Å²) in [6.07, 6.45) is 11.2. The Bertz CT molecular complexity index is 637. The third-order valence-electron chi connectivity index (χ3n) is 8.60. The highest BCUT2D eigenvalue weighted by atomic mass is 19.1. The van der Waals surface area contributed by atoms with E-state index in [1.54, 1.807) is 0 Å². The molecule has 2 heteroatoms. The monoisotopic (exact) mass is 371 g/mol. The fraction of sp³-hybridized carbons (Fsp3) is 0.760. The quantitative estimate of drug-likeness (QED) is 0.663. The van der Waals surface area contributed by atoms with Crippen LogP contribution in [-0.2, 0) is 5.41 Å². The van der Waals surface area contributed by atoms with Gasteiger partial charge in [-0.05, 0) is 104 Å². The highest BCUT2D eigenvalue weighted by Crippen LogP contribution is 2.64. The van der Waals surface area contributed by atoms with Crippen molar-refractivity contribution in [1.82, 2.24) is 0 Å². The molecule has 3 saturated carbocycles. The van der Waals surface area contributed by atoms with Crippen LogP contribution in [0, 0.1) is 28.6 Å². The van der Waals surface area contributed by atoms with Gasteiger partial charge in [0.15, 0.2) is 0 Å². The maximum atomic E-state index is 14.1. The molecule has 27 heavy (non-hydrogen) atoms. The van der Waals surface area contributed by atoms with Crippen molar-refractivity contribution >= 4 is 0 Å². The van der Waals surface area contributed by atoms with E-state index in [0.29, 0.717) is 11.3 Å². The van der Waals surface area contributed by atoms with Crippen molar-refractivity contribution in [3.05, 3.63) is 35.9 Å². The molecule has 1 aromatic carbocycles. The Morgan fingerprint density at radius 3 is 2.30 bits per heavy atom. The van der Waals surface area contributed by atoms with E-state index in [4.69, 9.17) is 5.73 Å². The van der Waals surface area contributed by atoms with Gasteiger partial charge in [-0.25, -0.2) is 0 Å². The van der Waals surface area contributed by atoms with Crippen molar-refractivity contribution < 1.29 is 4.39 Å². The summed E-state index contributed by atoms with van der Waals surface area (Å²) in [6, 6.07) is 11.1. The number of halogens is 1. The van der Waals surface area contributed by atoms with Crippen LogP contribution < -0.4 is 5.73 Å². The number of nitrogens with two attached hydrogens (primary N) is 1. The molecule has 3 unspecified atom stereocenters. The van der Waals surface area contributed by atoms with Gasteiger partial charge in [0, 0.05) is 0 Å². The first-order valence-electron chi connectivity index (χ1n) is 11.2. The van der Waals surface area contributed by atoms with E-state index in [0.717, 1.165) is 31.2 Å². The minimum absolute atomic E-state index is 0.142. The summed E-state index contributed by atoms with van der Waals surface area (Å²) in [5.74, 6) is 2.23. The lowest BCUT2D eigenvalue weighted by Crippen LogP contribution is -2.52. The van der Waals surface area contributed by atoms with Gasteiger partial charge in [0.25, 0.3) is 0 Å². The molecule has 0 radical (unpaired) electrons. The largest absolute Gasteiger partial charge is 0.330 e. The zero-order valence-corrected chi connectivity index (χ0v) is 17.4. The highest BCUT2D eigenvalue weighted by molar-refractivity contribution is 5.29. The van der Waals surface area contributed by atoms with E-state index in [9.17, 15) is 4.39 Å². The zero-order valence-electron chi connectivity index (χ0n) is 17.4. The Labute approximate surface area is 165 Å². The first kappa shape index (κ1) is 19.4. The zero-order chi connectivity index (χ0) is 19.1. The number of hydrogen-bond donors (Lipinski definition) is 1. The van der Waals surface area contributed by atoms with Crippen LogP contribution in [0.25, 0.3) is 0 Å². The van der Waals surface area contributed by atoms with Crippen molar-refractivity contribution in [3.63, 3.8) is 0 Å². The van der Waals surface area contributed by atoms with Crippen LogP contribution in [0.15, 0.2) is 30.3 Å². The number of rotatable bonds is 4. The van der Waals surface area contributed by atoms with Gasteiger partial charge in [0.05, 0.1) is 6.67 Å². The molecule has 4 atom stereocenters. The molecule has 3 aliphatic carbocycles. The SMILES string of the molecule is CC1(C2CCC(CN)CC2)CC2CC(c3ccccc3)(C1)C[C@@](C)(CF)C2. The lowest BCUT2D eigenvalue weighted by molar-refractivity contribution is -0.0607. The second kappa shape index (κ2) is 7.17. The first-order valence-corrected chi connectivity index (χ1v) is 11.2. The van der Waals surface area contributed by atoms with Gasteiger partial charge >= 0.3 is 0 Å². The highest BCUT2D eigenvalue weighted by Gasteiger charge is 2.56.